The van der Waals surface area contributed by atoms with Crippen LogP contribution >= 0.6 is 11.3 Å². The fourth-order valence-corrected chi connectivity index (χ4v) is 2.52. The fraction of sp³-hybridized carbons (Fsp3) is 0.556. The largest absolute Gasteiger partial charge is 0.320 e. The number of hydrogen-bond acceptors (Lipinski definition) is 4. The van der Waals surface area contributed by atoms with E-state index in [1.165, 1.54) is 11.3 Å². The molecule has 1 heterocycles. The molecule has 1 aromatic rings. The van der Waals surface area contributed by atoms with Crippen LogP contribution in [-0.4, -0.2) is 16.9 Å². The Bertz CT molecular complexity index is 337. The van der Waals surface area contributed by atoms with Gasteiger partial charge in [0.1, 0.15) is 0 Å². The number of amides is 1. The maximum atomic E-state index is 11.3. The zero-order valence-electron chi connectivity index (χ0n) is 8.04. The minimum absolute atomic E-state index is 0.169. The minimum Gasteiger partial charge on any atom is -0.320 e. The van der Waals surface area contributed by atoms with E-state index in [0.717, 1.165) is 18.5 Å². The van der Waals surface area contributed by atoms with Crippen molar-refractivity contribution in [1.82, 2.24) is 4.98 Å². The highest BCUT2D eigenvalue weighted by atomic mass is 32.1. The van der Waals surface area contributed by atoms with Crippen LogP contribution in [0.15, 0.2) is 0 Å². The summed E-state index contributed by atoms with van der Waals surface area (Å²) < 4.78 is 0. The summed E-state index contributed by atoms with van der Waals surface area (Å²) in [4.78, 5) is 16.9. The van der Waals surface area contributed by atoms with E-state index in [1.807, 2.05) is 0 Å². The highest BCUT2D eigenvalue weighted by Crippen LogP contribution is 2.30. The van der Waals surface area contributed by atoms with E-state index in [0.29, 0.717) is 5.13 Å². The number of nitrogens with two attached hydrogens (primary N) is 1. The molecule has 0 spiro atoms. The zero-order chi connectivity index (χ0) is 10.1. The molecule has 1 aliphatic rings. The number of carbonyl (C=O) groups excluding carboxylic acids is 1. The first-order chi connectivity index (χ1) is 6.66. The Labute approximate surface area is 86.5 Å². The molecule has 0 unspecified atom stereocenters. The van der Waals surface area contributed by atoms with Crippen LogP contribution in [0.1, 0.15) is 23.9 Å². The quantitative estimate of drug-likeness (QED) is 0.764. The van der Waals surface area contributed by atoms with Crippen LogP contribution < -0.4 is 11.1 Å². The van der Waals surface area contributed by atoms with Gasteiger partial charge < -0.3 is 11.1 Å². The molecule has 1 atom stereocenters. The van der Waals surface area contributed by atoms with Crippen LogP contribution in [0.4, 0.5) is 5.13 Å². The Hall–Kier alpha value is -0.940. The molecular weight excluding hydrogens is 198 g/mol. The molecule has 2 rings (SSSR count). The number of rotatable bonds is 2. The number of nitrogens with one attached hydrogen (secondary N) is 1. The summed E-state index contributed by atoms with van der Waals surface area (Å²) in [5.41, 5.74) is 6.59. The van der Waals surface area contributed by atoms with E-state index in [2.05, 4.69) is 10.3 Å². The monoisotopic (exact) mass is 211 g/mol. The van der Waals surface area contributed by atoms with E-state index < -0.39 is 6.04 Å². The summed E-state index contributed by atoms with van der Waals surface area (Å²) in [6.07, 6.45) is 3.33. The molecular formula is C9H13N3OS. The van der Waals surface area contributed by atoms with E-state index >= 15 is 0 Å². The third kappa shape index (κ3) is 1.78. The number of thiazole rings is 1. The summed E-state index contributed by atoms with van der Waals surface area (Å²) in [5.74, 6) is -0.169. The molecule has 1 amide bonds. The van der Waals surface area contributed by atoms with Crippen molar-refractivity contribution >= 4 is 22.4 Å². The maximum absolute atomic E-state index is 11.3. The second kappa shape index (κ2) is 3.67. The minimum atomic E-state index is -0.478. The Morgan fingerprint density at radius 3 is 3.07 bits per heavy atom. The number of nitrogens with zero attached hydrogens (tertiary/aromatic N) is 1. The van der Waals surface area contributed by atoms with Crippen LogP contribution in [0.25, 0.3) is 0 Å². The van der Waals surface area contributed by atoms with Crippen molar-refractivity contribution in [1.29, 1.82) is 0 Å². The second-order valence-electron chi connectivity index (χ2n) is 3.52. The molecule has 0 radical (unpaired) electrons. The van der Waals surface area contributed by atoms with Gasteiger partial charge in [-0.1, -0.05) is 0 Å². The molecule has 0 saturated carbocycles. The predicted molar refractivity (Wildman–Crippen MR) is 56.4 cm³/mol. The summed E-state index contributed by atoms with van der Waals surface area (Å²) in [6, 6.07) is -0.478. The first kappa shape index (κ1) is 9.61. The zero-order valence-corrected chi connectivity index (χ0v) is 8.86. The smallest absolute Gasteiger partial charge is 0.242 e. The lowest BCUT2D eigenvalue weighted by Gasteiger charge is -2.03. The number of aryl methyl sites for hydroxylation is 2. The number of anilines is 1. The first-order valence-corrected chi connectivity index (χ1v) is 5.53. The summed E-state index contributed by atoms with van der Waals surface area (Å²) >= 11 is 1.57. The molecule has 0 bridgehead atoms. The van der Waals surface area contributed by atoms with Gasteiger partial charge in [-0.3, -0.25) is 4.79 Å². The van der Waals surface area contributed by atoms with Gasteiger partial charge in [0.2, 0.25) is 5.91 Å². The second-order valence-corrected chi connectivity index (χ2v) is 4.60. The molecule has 1 aliphatic carbocycles. The lowest BCUT2D eigenvalue weighted by atomic mass is 10.3. The molecule has 3 N–H and O–H groups in total. The van der Waals surface area contributed by atoms with Crippen molar-refractivity contribution in [2.24, 2.45) is 5.73 Å². The van der Waals surface area contributed by atoms with Crippen LogP contribution in [-0.2, 0) is 17.6 Å². The van der Waals surface area contributed by atoms with Gasteiger partial charge in [-0.05, 0) is 26.2 Å². The Morgan fingerprint density at radius 2 is 2.43 bits per heavy atom. The third-order valence-electron chi connectivity index (χ3n) is 2.24. The van der Waals surface area contributed by atoms with Crippen molar-refractivity contribution in [2.75, 3.05) is 5.32 Å². The Morgan fingerprint density at radius 1 is 1.64 bits per heavy atom. The molecule has 0 aliphatic heterocycles. The maximum Gasteiger partial charge on any atom is 0.242 e. The molecule has 0 fully saturated rings. The van der Waals surface area contributed by atoms with Gasteiger partial charge in [-0.2, -0.15) is 0 Å². The standard InChI is InChI=1S/C9H13N3OS/c1-5(10)8(13)12-9-11-6-3-2-4-7(6)14-9/h5H,2-4,10H2,1H3,(H,11,12,13)/t5-/m1/s1. The van der Waals surface area contributed by atoms with E-state index in [-0.39, 0.29) is 5.91 Å². The molecule has 0 saturated heterocycles. The van der Waals surface area contributed by atoms with E-state index in [4.69, 9.17) is 5.73 Å². The van der Waals surface area contributed by atoms with E-state index in [1.54, 1.807) is 18.3 Å². The predicted octanol–water partition coefficient (Wildman–Crippen LogP) is 0.918. The highest BCUT2D eigenvalue weighted by molar-refractivity contribution is 7.15. The molecule has 5 heteroatoms. The lowest BCUT2D eigenvalue weighted by molar-refractivity contribution is -0.117. The average molecular weight is 211 g/mol. The number of aromatic nitrogens is 1. The van der Waals surface area contributed by atoms with Crippen molar-refractivity contribution in [3.63, 3.8) is 0 Å². The Balaban J connectivity index is 2.07. The SMILES string of the molecule is C[C@@H](N)C(=O)Nc1nc2c(s1)CCC2. The van der Waals surface area contributed by atoms with Gasteiger partial charge in [0.25, 0.3) is 0 Å². The average Bonchev–Trinajstić information content (AvgIpc) is 2.63. The summed E-state index contributed by atoms with van der Waals surface area (Å²) in [6.45, 7) is 1.66. The number of carbonyl (C=O) groups is 1. The molecule has 4 nitrogen and oxygen atoms in total. The van der Waals surface area contributed by atoms with Gasteiger partial charge in [-0.15, -0.1) is 11.3 Å². The number of hydrogen-bond donors (Lipinski definition) is 2. The molecule has 0 aromatic carbocycles. The Kier molecular flexibility index (Phi) is 2.52. The molecule has 1 aromatic heterocycles. The van der Waals surface area contributed by atoms with Gasteiger partial charge >= 0.3 is 0 Å². The van der Waals surface area contributed by atoms with Gasteiger partial charge in [0, 0.05) is 4.88 Å². The van der Waals surface area contributed by atoms with Gasteiger partial charge in [0.15, 0.2) is 5.13 Å². The third-order valence-corrected chi connectivity index (χ3v) is 3.31. The van der Waals surface area contributed by atoms with Crippen molar-refractivity contribution in [3.8, 4) is 0 Å². The van der Waals surface area contributed by atoms with Crippen LogP contribution in [0, 0.1) is 0 Å². The molecule has 14 heavy (non-hydrogen) atoms. The fourth-order valence-electron chi connectivity index (χ4n) is 1.46. The lowest BCUT2D eigenvalue weighted by Crippen LogP contribution is -2.32. The normalized spacial score (nSPS) is 16.4. The molecule has 76 valence electrons. The van der Waals surface area contributed by atoms with Crippen molar-refractivity contribution in [2.45, 2.75) is 32.2 Å². The van der Waals surface area contributed by atoms with E-state index in [9.17, 15) is 4.79 Å². The van der Waals surface area contributed by atoms with Gasteiger partial charge in [-0.25, -0.2) is 4.98 Å². The first-order valence-electron chi connectivity index (χ1n) is 4.72. The highest BCUT2D eigenvalue weighted by Gasteiger charge is 2.18. The van der Waals surface area contributed by atoms with Gasteiger partial charge in [0.05, 0.1) is 11.7 Å². The van der Waals surface area contributed by atoms with Crippen LogP contribution in [0.3, 0.4) is 0 Å². The van der Waals surface area contributed by atoms with Crippen molar-refractivity contribution in [3.05, 3.63) is 10.6 Å². The van der Waals surface area contributed by atoms with Crippen molar-refractivity contribution < 1.29 is 4.79 Å². The number of fused-ring (bicyclic) bond motifs is 1. The van der Waals surface area contributed by atoms with Crippen LogP contribution in [0.5, 0.6) is 0 Å². The summed E-state index contributed by atoms with van der Waals surface area (Å²) in [5, 5.41) is 3.41. The van der Waals surface area contributed by atoms with Crippen LogP contribution in [0.2, 0.25) is 0 Å². The topological polar surface area (TPSA) is 68.0 Å². The summed E-state index contributed by atoms with van der Waals surface area (Å²) in [7, 11) is 0.